The molecule has 1 aliphatic heterocycles. The predicted octanol–water partition coefficient (Wildman–Crippen LogP) is 4.38. The predicted molar refractivity (Wildman–Crippen MR) is 80.8 cm³/mol. The van der Waals surface area contributed by atoms with Gasteiger partial charge in [0.25, 0.3) is 0 Å². The van der Waals surface area contributed by atoms with E-state index in [9.17, 15) is 0 Å². The van der Waals surface area contributed by atoms with Crippen LogP contribution in [0.15, 0.2) is 18.2 Å². The molecule has 2 heteroatoms. The van der Waals surface area contributed by atoms with E-state index in [1.165, 1.54) is 43.2 Å². The third-order valence-electron chi connectivity index (χ3n) is 4.06. The highest BCUT2D eigenvalue weighted by Crippen LogP contribution is 2.36. The molecular formula is C17H27NO. The lowest BCUT2D eigenvalue weighted by atomic mass is 9.93. The monoisotopic (exact) mass is 261 g/mol. The lowest BCUT2D eigenvalue weighted by Crippen LogP contribution is -2.31. The number of fused-ring (bicyclic) bond motifs is 1. The third kappa shape index (κ3) is 3.73. The van der Waals surface area contributed by atoms with Gasteiger partial charge < -0.3 is 10.1 Å². The summed E-state index contributed by atoms with van der Waals surface area (Å²) in [5.74, 6) is 1.08. The van der Waals surface area contributed by atoms with Gasteiger partial charge in [-0.2, -0.15) is 0 Å². The van der Waals surface area contributed by atoms with Gasteiger partial charge in [-0.3, -0.25) is 0 Å². The van der Waals surface area contributed by atoms with Gasteiger partial charge in [-0.15, -0.1) is 0 Å². The molecule has 0 fully saturated rings. The first-order chi connectivity index (χ1) is 9.24. The molecule has 1 aliphatic rings. The molecule has 0 saturated heterocycles. The minimum absolute atomic E-state index is 0.379. The Morgan fingerprint density at radius 1 is 1.26 bits per heavy atom. The van der Waals surface area contributed by atoms with Gasteiger partial charge in [0.2, 0.25) is 0 Å². The summed E-state index contributed by atoms with van der Waals surface area (Å²) in [5.41, 5.74) is 2.64. The van der Waals surface area contributed by atoms with Crippen molar-refractivity contribution in [3.05, 3.63) is 29.3 Å². The molecule has 2 nitrogen and oxygen atoms in total. The number of aryl methyl sites for hydroxylation is 1. The van der Waals surface area contributed by atoms with Crippen LogP contribution in [0, 0.1) is 6.92 Å². The van der Waals surface area contributed by atoms with Gasteiger partial charge in [0.15, 0.2) is 0 Å². The number of hydrogen-bond donors (Lipinski definition) is 1. The van der Waals surface area contributed by atoms with E-state index in [0.717, 1.165) is 12.2 Å². The number of rotatable bonds is 6. The fourth-order valence-corrected chi connectivity index (χ4v) is 2.91. The van der Waals surface area contributed by atoms with Crippen LogP contribution in [0.25, 0.3) is 0 Å². The van der Waals surface area contributed by atoms with Gasteiger partial charge in [-0.1, -0.05) is 43.9 Å². The molecule has 2 rings (SSSR count). The van der Waals surface area contributed by atoms with Crippen molar-refractivity contribution in [2.75, 3.05) is 7.05 Å². The number of hydrogen-bond acceptors (Lipinski definition) is 2. The van der Waals surface area contributed by atoms with E-state index in [4.69, 9.17) is 4.74 Å². The zero-order valence-electron chi connectivity index (χ0n) is 12.5. The smallest absolute Gasteiger partial charge is 0.124 e. The summed E-state index contributed by atoms with van der Waals surface area (Å²) < 4.78 is 6.16. The van der Waals surface area contributed by atoms with Crippen LogP contribution in [0.5, 0.6) is 5.75 Å². The highest BCUT2D eigenvalue weighted by Gasteiger charge is 2.26. The van der Waals surface area contributed by atoms with E-state index in [-0.39, 0.29) is 0 Å². The van der Waals surface area contributed by atoms with Crippen LogP contribution < -0.4 is 10.1 Å². The molecule has 0 radical (unpaired) electrons. The molecule has 19 heavy (non-hydrogen) atoms. The van der Waals surface area contributed by atoms with Crippen molar-refractivity contribution in [3.63, 3.8) is 0 Å². The summed E-state index contributed by atoms with van der Waals surface area (Å²) >= 11 is 0. The summed E-state index contributed by atoms with van der Waals surface area (Å²) in [4.78, 5) is 0. The summed E-state index contributed by atoms with van der Waals surface area (Å²) in [6.45, 7) is 4.40. The van der Waals surface area contributed by atoms with Gasteiger partial charge in [0.1, 0.15) is 11.9 Å². The van der Waals surface area contributed by atoms with E-state index >= 15 is 0 Å². The van der Waals surface area contributed by atoms with Crippen LogP contribution in [0.1, 0.15) is 62.6 Å². The second kappa shape index (κ2) is 6.95. The van der Waals surface area contributed by atoms with E-state index in [0.29, 0.717) is 12.1 Å². The molecule has 0 aromatic heterocycles. The maximum atomic E-state index is 6.16. The zero-order valence-corrected chi connectivity index (χ0v) is 12.5. The third-order valence-corrected chi connectivity index (χ3v) is 4.06. The van der Waals surface area contributed by atoms with Crippen LogP contribution >= 0.6 is 0 Å². The van der Waals surface area contributed by atoms with Crippen molar-refractivity contribution in [2.45, 2.75) is 64.5 Å². The average Bonchev–Trinajstić information content (AvgIpc) is 2.43. The van der Waals surface area contributed by atoms with E-state index in [1.54, 1.807) is 0 Å². The molecule has 0 aliphatic carbocycles. The number of unbranched alkanes of at least 4 members (excludes halogenated alkanes) is 3. The van der Waals surface area contributed by atoms with Gasteiger partial charge in [-0.05, 0) is 32.9 Å². The minimum Gasteiger partial charge on any atom is -0.490 e. The summed E-state index contributed by atoms with van der Waals surface area (Å²) in [5, 5.41) is 3.44. The average molecular weight is 261 g/mol. The Balaban J connectivity index is 1.99. The first-order valence-corrected chi connectivity index (χ1v) is 7.69. The number of nitrogens with one attached hydrogen (secondary N) is 1. The molecule has 0 amide bonds. The van der Waals surface area contributed by atoms with Gasteiger partial charge in [-0.25, -0.2) is 0 Å². The molecular weight excluding hydrogens is 234 g/mol. The largest absolute Gasteiger partial charge is 0.490 e. The van der Waals surface area contributed by atoms with Crippen LogP contribution in [0.3, 0.4) is 0 Å². The lowest BCUT2D eigenvalue weighted by Gasteiger charge is -2.32. The first kappa shape index (κ1) is 14.4. The van der Waals surface area contributed by atoms with E-state index in [1.807, 2.05) is 0 Å². The second-order valence-electron chi connectivity index (χ2n) is 5.71. The van der Waals surface area contributed by atoms with Crippen molar-refractivity contribution < 1.29 is 4.74 Å². The lowest BCUT2D eigenvalue weighted by molar-refractivity contribution is 0.140. The summed E-state index contributed by atoms with van der Waals surface area (Å²) in [6.07, 6.45) is 7.93. The fraction of sp³-hybridized carbons (Fsp3) is 0.647. The van der Waals surface area contributed by atoms with Crippen LogP contribution in [0.4, 0.5) is 0 Å². The molecule has 1 aromatic carbocycles. The Bertz CT molecular complexity index is 402. The summed E-state index contributed by atoms with van der Waals surface area (Å²) in [7, 11) is 2.05. The van der Waals surface area contributed by atoms with Gasteiger partial charge in [0.05, 0.1) is 0 Å². The molecule has 2 unspecified atom stereocenters. The standard InChI is InChI=1S/C17H27NO/c1-4-5-6-7-8-14-12-16(18-3)15-11-13(2)9-10-17(15)19-14/h9-11,14,16,18H,4-8,12H2,1-3H3. The fourth-order valence-electron chi connectivity index (χ4n) is 2.91. The zero-order chi connectivity index (χ0) is 13.7. The number of benzene rings is 1. The van der Waals surface area contributed by atoms with Crippen LogP contribution in [-0.4, -0.2) is 13.2 Å². The van der Waals surface area contributed by atoms with Crippen molar-refractivity contribution in [2.24, 2.45) is 0 Å². The highest BCUT2D eigenvalue weighted by atomic mass is 16.5. The highest BCUT2D eigenvalue weighted by molar-refractivity contribution is 5.40. The van der Waals surface area contributed by atoms with E-state index in [2.05, 4.69) is 44.4 Å². The van der Waals surface area contributed by atoms with Crippen LogP contribution in [0.2, 0.25) is 0 Å². The second-order valence-corrected chi connectivity index (χ2v) is 5.71. The van der Waals surface area contributed by atoms with E-state index < -0.39 is 0 Å². The Labute approximate surface area is 117 Å². The number of ether oxygens (including phenoxy) is 1. The Kier molecular flexibility index (Phi) is 5.26. The summed E-state index contributed by atoms with van der Waals surface area (Å²) in [6, 6.07) is 6.97. The Morgan fingerprint density at radius 2 is 2.11 bits per heavy atom. The molecule has 1 heterocycles. The van der Waals surface area contributed by atoms with Crippen molar-refractivity contribution >= 4 is 0 Å². The first-order valence-electron chi connectivity index (χ1n) is 7.69. The molecule has 0 saturated carbocycles. The normalized spacial score (nSPS) is 21.8. The Morgan fingerprint density at radius 3 is 2.84 bits per heavy atom. The SMILES string of the molecule is CCCCCCC1CC(NC)c2cc(C)ccc2O1. The van der Waals surface area contributed by atoms with Crippen LogP contribution in [-0.2, 0) is 0 Å². The quantitative estimate of drug-likeness (QED) is 0.767. The molecule has 0 bridgehead atoms. The minimum atomic E-state index is 0.379. The maximum Gasteiger partial charge on any atom is 0.124 e. The molecule has 1 N–H and O–H groups in total. The maximum absolute atomic E-state index is 6.16. The van der Waals surface area contributed by atoms with Crippen molar-refractivity contribution in [1.29, 1.82) is 0 Å². The van der Waals surface area contributed by atoms with Gasteiger partial charge >= 0.3 is 0 Å². The molecule has 106 valence electrons. The molecule has 1 aromatic rings. The van der Waals surface area contributed by atoms with Gasteiger partial charge in [0, 0.05) is 18.0 Å². The molecule has 0 spiro atoms. The Hall–Kier alpha value is -1.02. The molecule has 2 atom stereocenters. The van der Waals surface area contributed by atoms with Crippen molar-refractivity contribution in [1.82, 2.24) is 5.32 Å². The van der Waals surface area contributed by atoms with Crippen molar-refractivity contribution in [3.8, 4) is 5.75 Å². The topological polar surface area (TPSA) is 21.3 Å².